The van der Waals surface area contributed by atoms with Crippen molar-refractivity contribution in [2.24, 2.45) is 0 Å². The highest BCUT2D eigenvalue weighted by atomic mass is 16.3. The van der Waals surface area contributed by atoms with E-state index in [1.807, 2.05) is 36.4 Å². The van der Waals surface area contributed by atoms with Crippen LogP contribution in [0.4, 0.5) is 5.69 Å². The van der Waals surface area contributed by atoms with E-state index < -0.39 is 0 Å². The Labute approximate surface area is 105 Å². The van der Waals surface area contributed by atoms with Crippen molar-refractivity contribution in [3.05, 3.63) is 60.2 Å². The van der Waals surface area contributed by atoms with Gasteiger partial charge in [-0.2, -0.15) is 0 Å². The molecule has 2 aromatic rings. The summed E-state index contributed by atoms with van der Waals surface area (Å²) in [6.07, 6.45) is 0.498. The van der Waals surface area contributed by atoms with E-state index in [4.69, 9.17) is 0 Å². The molecule has 1 aliphatic heterocycles. The molecule has 1 heterocycles. The first-order chi connectivity index (χ1) is 8.77. The molecule has 90 valence electrons. The number of anilines is 1. The molecule has 0 radical (unpaired) electrons. The lowest BCUT2D eigenvalue weighted by molar-refractivity contribution is -0.124. The smallest absolute Gasteiger partial charge is 0.230 e. The number of aromatic hydroxyl groups is 1. The van der Waals surface area contributed by atoms with Crippen molar-refractivity contribution in [3.63, 3.8) is 0 Å². The van der Waals surface area contributed by atoms with Gasteiger partial charge in [0.05, 0.1) is 18.2 Å². The minimum atomic E-state index is 0.0343. The van der Waals surface area contributed by atoms with Gasteiger partial charge in [-0.1, -0.05) is 42.5 Å². The highest BCUT2D eigenvalue weighted by molar-refractivity contribution is 6.02. The second-order valence-corrected chi connectivity index (χ2v) is 4.38. The van der Waals surface area contributed by atoms with Crippen LogP contribution >= 0.6 is 0 Å². The van der Waals surface area contributed by atoms with Gasteiger partial charge in [0, 0.05) is 0 Å². The Morgan fingerprint density at radius 3 is 2.33 bits per heavy atom. The molecule has 0 aromatic heterocycles. The molecule has 1 fully saturated rings. The van der Waals surface area contributed by atoms with Crippen molar-refractivity contribution in [1.82, 2.24) is 0 Å². The van der Waals surface area contributed by atoms with Gasteiger partial charge in [0.1, 0.15) is 5.75 Å². The molecule has 1 unspecified atom stereocenters. The zero-order chi connectivity index (χ0) is 12.5. The molecule has 18 heavy (non-hydrogen) atoms. The van der Waals surface area contributed by atoms with Gasteiger partial charge >= 0.3 is 0 Å². The third-order valence-electron chi connectivity index (χ3n) is 3.27. The third-order valence-corrected chi connectivity index (χ3v) is 3.27. The number of β-lactam (4-membered cyclic amide) rings is 1. The number of nitrogens with zero attached hydrogens (tertiary/aromatic N) is 1. The molecule has 1 saturated heterocycles. The lowest BCUT2D eigenvalue weighted by Crippen LogP contribution is -2.46. The SMILES string of the molecule is O=C1CC(c2ccccc2)N1c1ccccc1O. The molecular formula is C15H13NO2. The first-order valence-electron chi connectivity index (χ1n) is 5.92. The van der Waals surface area contributed by atoms with Crippen LogP contribution in [0.1, 0.15) is 18.0 Å². The summed E-state index contributed by atoms with van der Waals surface area (Å²) in [6.45, 7) is 0. The van der Waals surface area contributed by atoms with Crippen LogP contribution in [-0.4, -0.2) is 11.0 Å². The number of hydrogen-bond donors (Lipinski definition) is 1. The molecule has 0 bridgehead atoms. The van der Waals surface area contributed by atoms with Crippen LogP contribution in [0, 0.1) is 0 Å². The Bertz CT molecular complexity index is 580. The molecule has 3 heteroatoms. The number of para-hydroxylation sites is 2. The number of phenolic OH excluding ortho intramolecular Hbond substituents is 1. The van der Waals surface area contributed by atoms with Crippen molar-refractivity contribution in [3.8, 4) is 5.75 Å². The monoisotopic (exact) mass is 239 g/mol. The average molecular weight is 239 g/mol. The van der Waals surface area contributed by atoms with Gasteiger partial charge in [-0.3, -0.25) is 4.79 Å². The van der Waals surface area contributed by atoms with Crippen molar-refractivity contribution in [2.45, 2.75) is 12.5 Å². The number of carbonyl (C=O) groups excluding carboxylic acids is 1. The van der Waals surface area contributed by atoms with Crippen molar-refractivity contribution in [2.75, 3.05) is 4.90 Å². The van der Waals surface area contributed by atoms with Crippen molar-refractivity contribution in [1.29, 1.82) is 0 Å². The molecule has 1 atom stereocenters. The number of benzene rings is 2. The van der Waals surface area contributed by atoms with Gasteiger partial charge in [0.2, 0.25) is 5.91 Å². The van der Waals surface area contributed by atoms with E-state index in [1.165, 1.54) is 0 Å². The zero-order valence-electron chi connectivity index (χ0n) is 9.78. The van der Waals surface area contributed by atoms with Gasteiger partial charge < -0.3 is 10.0 Å². The number of carbonyl (C=O) groups is 1. The predicted octanol–water partition coefficient (Wildman–Crippen LogP) is 2.87. The molecule has 0 saturated carbocycles. The molecular weight excluding hydrogens is 226 g/mol. The van der Waals surface area contributed by atoms with Crippen LogP contribution in [0.5, 0.6) is 5.75 Å². The highest BCUT2D eigenvalue weighted by Crippen LogP contribution is 2.42. The quantitative estimate of drug-likeness (QED) is 0.818. The Kier molecular flexibility index (Phi) is 2.52. The number of amides is 1. The molecule has 0 spiro atoms. The fourth-order valence-electron chi connectivity index (χ4n) is 2.33. The van der Waals surface area contributed by atoms with Crippen LogP contribution in [-0.2, 0) is 4.79 Å². The lowest BCUT2D eigenvalue weighted by atomic mass is 9.93. The Morgan fingerprint density at radius 2 is 1.67 bits per heavy atom. The molecule has 1 aliphatic rings. The highest BCUT2D eigenvalue weighted by Gasteiger charge is 2.39. The van der Waals surface area contributed by atoms with Gasteiger partial charge in [-0.05, 0) is 17.7 Å². The standard InChI is InChI=1S/C15H13NO2/c17-14-9-5-4-8-12(14)16-13(10-15(16)18)11-6-2-1-3-7-11/h1-9,13,17H,10H2. The second-order valence-electron chi connectivity index (χ2n) is 4.38. The normalized spacial score (nSPS) is 18.6. The van der Waals surface area contributed by atoms with Gasteiger partial charge in [0.15, 0.2) is 0 Å². The topological polar surface area (TPSA) is 40.5 Å². The van der Waals surface area contributed by atoms with Crippen LogP contribution in [0.15, 0.2) is 54.6 Å². The summed E-state index contributed by atoms with van der Waals surface area (Å²) >= 11 is 0. The van der Waals surface area contributed by atoms with Gasteiger partial charge in [-0.25, -0.2) is 0 Å². The Morgan fingerprint density at radius 1 is 1.00 bits per heavy atom. The van der Waals surface area contributed by atoms with Crippen LogP contribution in [0.2, 0.25) is 0 Å². The van der Waals surface area contributed by atoms with E-state index >= 15 is 0 Å². The second kappa shape index (κ2) is 4.18. The van der Waals surface area contributed by atoms with Crippen molar-refractivity contribution < 1.29 is 9.90 Å². The fraction of sp³-hybridized carbons (Fsp3) is 0.133. The lowest BCUT2D eigenvalue weighted by Gasteiger charge is -2.40. The minimum Gasteiger partial charge on any atom is -0.506 e. The summed E-state index contributed by atoms with van der Waals surface area (Å²) in [5.41, 5.74) is 1.68. The number of hydrogen-bond acceptors (Lipinski definition) is 2. The van der Waals surface area contributed by atoms with Gasteiger partial charge in [0.25, 0.3) is 0 Å². The summed E-state index contributed by atoms with van der Waals surface area (Å²) in [5.74, 6) is 0.192. The average Bonchev–Trinajstić information content (AvgIpc) is 2.39. The molecule has 2 aromatic carbocycles. The maximum absolute atomic E-state index is 11.8. The first-order valence-corrected chi connectivity index (χ1v) is 5.92. The van der Waals surface area contributed by atoms with Gasteiger partial charge in [-0.15, -0.1) is 0 Å². The van der Waals surface area contributed by atoms with E-state index in [1.54, 1.807) is 23.1 Å². The zero-order valence-corrected chi connectivity index (χ0v) is 9.78. The van der Waals surface area contributed by atoms with E-state index in [9.17, 15) is 9.90 Å². The fourth-order valence-corrected chi connectivity index (χ4v) is 2.33. The molecule has 0 aliphatic carbocycles. The largest absolute Gasteiger partial charge is 0.506 e. The summed E-state index contributed by atoms with van der Waals surface area (Å²) in [6, 6.07) is 16.9. The maximum atomic E-state index is 11.8. The maximum Gasteiger partial charge on any atom is 0.230 e. The van der Waals surface area contributed by atoms with Crippen LogP contribution in [0.25, 0.3) is 0 Å². The first kappa shape index (κ1) is 10.8. The van der Waals surface area contributed by atoms with E-state index in [2.05, 4.69) is 0 Å². The van der Waals surface area contributed by atoms with E-state index in [-0.39, 0.29) is 17.7 Å². The molecule has 1 N–H and O–H groups in total. The number of phenols is 1. The summed E-state index contributed by atoms with van der Waals surface area (Å²) in [5, 5.41) is 9.83. The number of rotatable bonds is 2. The van der Waals surface area contributed by atoms with E-state index in [0.717, 1.165) is 5.56 Å². The molecule has 3 nitrogen and oxygen atoms in total. The Hall–Kier alpha value is -2.29. The summed E-state index contributed by atoms with van der Waals surface area (Å²) < 4.78 is 0. The minimum absolute atomic E-state index is 0.0343. The summed E-state index contributed by atoms with van der Waals surface area (Å²) in [7, 11) is 0. The Balaban J connectivity index is 1.96. The summed E-state index contributed by atoms with van der Waals surface area (Å²) in [4.78, 5) is 13.4. The van der Waals surface area contributed by atoms with Crippen LogP contribution < -0.4 is 4.90 Å². The van der Waals surface area contributed by atoms with Crippen molar-refractivity contribution >= 4 is 11.6 Å². The predicted molar refractivity (Wildman–Crippen MR) is 69.4 cm³/mol. The molecule has 3 rings (SSSR count). The third kappa shape index (κ3) is 1.64. The van der Waals surface area contributed by atoms with Crippen LogP contribution in [0.3, 0.4) is 0 Å². The molecule has 1 amide bonds. The van der Waals surface area contributed by atoms with E-state index in [0.29, 0.717) is 12.1 Å².